The van der Waals surface area contributed by atoms with E-state index in [0.29, 0.717) is 29.8 Å². The predicted molar refractivity (Wildman–Crippen MR) is 152 cm³/mol. The van der Waals surface area contributed by atoms with Crippen molar-refractivity contribution in [3.05, 3.63) is 28.2 Å². The minimum atomic E-state index is -4.49. The van der Waals surface area contributed by atoms with Crippen LogP contribution >= 0.6 is 26.3 Å². The van der Waals surface area contributed by atoms with Gasteiger partial charge in [-0.3, -0.25) is 9.78 Å². The molecule has 0 bridgehead atoms. The van der Waals surface area contributed by atoms with Crippen LogP contribution in [0.25, 0.3) is 22.3 Å². The van der Waals surface area contributed by atoms with Gasteiger partial charge in [-0.15, -0.1) is 0 Å². The van der Waals surface area contributed by atoms with Crippen LogP contribution in [0.5, 0.6) is 0 Å². The Morgan fingerprint density at radius 3 is 2.07 bits per heavy atom. The summed E-state index contributed by atoms with van der Waals surface area (Å²) in [6, 6.07) is 0. The summed E-state index contributed by atoms with van der Waals surface area (Å²) in [6.07, 6.45) is 5.03. The zero-order chi connectivity index (χ0) is 30.4. The van der Waals surface area contributed by atoms with Crippen LogP contribution in [-0.4, -0.2) is 81.2 Å². The molecule has 0 spiro atoms. The Morgan fingerprint density at radius 1 is 0.976 bits per heavy atom. The van der Waals surface area contributed by atoms with Crippen LogP contribution in [0, 0.1) is 0 Å². The van der Waals surface area contributed by atoms with Crippen molar-refractivity contribution >= 4 is 60.6 Å². The van der Waals surface area contributed by atoms with E-state index in [-0.39, 0.29) is 47.5 Å². The van der Waals surface area contributed by atoms with Gasteiger partial charge in [0.05, 0.1) is 38.0 Å². The number of imidazole rings is 2. The summed E-state index contributed by atoms with van der Waals surface area (Å²) < 4.78 is 37.7. The fourth-order valence-corrected chi connectivity index (χ4v) is 7.20. The highest BCUT2D eigenvalue weighted by atomic mass is 35.5. The van der Waals surface area contributed by atoms with Crippen molar-refractivity contribution in [3.63, 3.8) is 0 Å². The predicted octanol–water partition coefficient (Wildman–Crippen LogP) is 0.942. The molecule has 20 heteroatoms. The van der Waals surface area contributed by atoms with E-state index in [1.54, 1.807) is 24.2 Å². The van der Waals surface area contributed by atoms with E-state index < -0.39 is 32.2 Å². The normalized spacial score (nSPS) is 24.1. The monoisotopic (exact) mass is 643 g/mol. The molecule has 6 rings (SSSR count). The first-order chi connectivity index (χ1) is 19.7. The fourth-order valence-electron chi connectivity index (χ4n) is 4.94. The molecular formula is C22H30ClN10O7P2-. The van der Waals surface area contributed by atoms with Crippen LogP contribution in [0.2, 0.25) is 5.15 Å². The second-order valence-corrected chi connectivity index (χ2v) is 16.0. The Bertz CT molecular complexity index is 1770. The molecule has 228 valence electrons. The summed E-state index contributed by atoms with van der Waals surface area (Å²) in [6.45, 7) is 4.38. The quantitative estimate of drug-likeness (QED) is 0.168. The molecule has 0 aliphatic carbocycles. The summed E-state index contributed by atoms with van der Waals surface area (Å²) in [7, 11) is -6.71. The van der Waals surface area contributed by atoms with Crippen molar-refractivity contribution in [2.24, 2.45) is 0 Å². The maximum absolute atomic E-state index is 12.1. The van der Waals surface area contributed by atoms with Crippen LogP contribution < -0.4 is 21.9 Å². The number of nitrogens with two attached hydrogens (primary N) is 2. The molecule has 0 amide bonds. The van der Waals surface area contributed by atoms with Gasteiger partial charge in [0, 0.05) is 0 Å². The third-order valence-corrected chi connectivity index (χ3v) is 10.1. The lowest BCUT2D eigenvalue weighted by Gasteiger charge is -2.23. The summed E-state index contributed by atoms with van der Waals surface area (Å²) in [5.41, 5.74) is 12.2. The number of aromatic amines is 1. The van der Waals surface area contributed by atoms with Crippen LogP contribution in [0.4, 0.5) is 11.9 Å². The SMILES string of the molecule is CP(C)(=O)[C@@H]1CC[C@@H](Cn2cnc3c(Cl)nc(N)nc32)O1.Nc1nc2c(ncn2C[C@@H]2CCC(P(=O)([O-])O)O2)c(=O)[nH]1. The molecule has 0 radical (unpaired) electrons. The number of hydrogen-bond acceptors (Lipinski definition) is 13. The van der Waals surface area contributed by atoms with Crippen LogP contribution in [-0.2, 0) is 31.7 Å². The first-order valence-corrected chi connectivity index (χ1v) is 17.6. The second kappa shape index (κ2) is 11.6. The molecule has 0 aromatic carbocycles. The maximum atomic E-state index is 12.1. The zero-order valence-electron chi connectivity index (χ0n) is 22.7. The number of hydrogen-bond donors (Lipinski definition) is 4. The largest absolute Gasteiger partial charge is 0.777 e. The molecular weight excluding hydrogens is 614 g/mol. The summed E-state index contributed by atoms with van der Waals surface area (Å²) in [5.74, 6) is -1.25. The Balaban J connectivity index is 0.000000168. The number of nitrogens with zero attached hydrogens (tertiary/aromatic N) is 7. The second-order valence-electron chi connectivity index (χ2n) is 10.5. The highest BCUT2D eigenvalue weighted by Gasteiger charge is 2.34. The summed E-state index contributed by atoms with van der Waals surface area (Å²) >= 11 is 6.00. The van der Waals surface area contributed by atoms with Crippen LogP contribution in [0.1, 0.15) is 25.7 Å². The molecule has 5 atom stereocenters. The minimum absolute atomic E-state index is 0.00408. The number of aromatic nitrogens is 8. The Kier molecular flexibility index (Phi) is 8.47. The molecule has 17 nitrogen and oxygen atoms in total. The lowest BCUT2D eigenvalue weighted by Crippen LogP contribution is -2.21. The number of fused-ring (bicyclic) bond motifs is 2. The highest BCUT2D eigenvalue weighted by Crippen LogP contribution is 2.49. The molecule has 0 saturated carbocycles. The summed E-state index contributed by atoms with van der Waals surface area (Å²) in [5, 5.41) is 0.244. The van der Waals surface area contributed by atoms with E-state index in [4.69, 9.17) is 37.4 Å². The first-order valence-electron chi connectivity index (χ1n) is 12.9. The number of rotatable bonds is 6. The minimum Gasteiger partial charge on any atom is -0.777 e. The number of anilines is 2. The van der Waals surface area contributed by atoms with Gasteiger partial charge in [0.15, 0.2) is 29.6 Å². The number of ether oxygens (including phenoxy) is 2. The van der Waals surface area contributed by atoms with Crippen molar-refractivity contribution < 1.29 is 28.4 Å². The third kappa shape index (κ3) is 6.67. The Hall–Kier alpha value is -2.91. The number of nitrogens with one attached hydrogen (secondary N) is 1. The van der Waals surface area contributed by atoms with Gasteiger partial charge in [0.1, 0.15) is 24.3 Å². The van der Waals surface area contributed by atoms with Crippen molar-refractivity contribution in [3.8, 4) is 0 Å². The Labute approximate surface area is 243 Å². The van der Waals surface area contributed by atoms with Crippen molar-refractivity contribution in [2.45, 2.75) is 62.7 Å². The summed E-state index contributed by atoms with van der Waals surface area (Å²) in [4.78, 5) is 54.2. The molecule has 2 aliphatic rings. The molecule has 2 saturated heterocycles. The van der Waals surface area contributed by atoms with E-state index in [0.717, 1.165) is 12.8 Å². The molecule has 6 N–H and O–H groups in total. The van der Waals surface area contributed by atoms with Crippen molar-refractivity contribution in [1.82, 2.24) is 39.0 Å². The van der Waals surface area contributed by atoms with E-state index in [1.807, 2.05) is 4.57 Å². The van der Waals surface area contributed by atoms with Gasteiger partial charge in [0.25, 0.3) is 5.56 Å². The molecule has 4 aromatic rings. The van der Waals surface area contributed by atoms with E-state index >= 15 is 0 Å². The maximum Gasteiger partial charge on any atom is 0.280 e. The van der Waals surface area contributed by atoms with Gasteiger partial charge in [-0.2, -0.15) is 15.0 Å². The topological polar surface area (TPSA) is 255 Å². The first kappa shape index (κ1) is 30.5. The van der Waals surface area contributed by atoms with Gasteiger partial charge in [-0.25, -0.2) is 9.97 Å². The van der Waals surface area contributed by atoms with E-state index in [9.17, 15) is 18.8 Å². The van der Waals surface area contributed by atoms with Crippen molar-refractivity contribution in [1.29, 1.82) is 0 Å². The average molecular weight is 644 g/mol. The van der Waals surface area contributed by atoms with Crippen molar-refractivity contribution in [2.75, 3.05) is 24.8 Å². The molecule has 4 aromatic heterocycles. The van der Waals surface area contributed by atoms with Gasteiger partial charge >= 0.3 is 0 Å². The smallest absolute Gasteiger partial charge is 0.280 e. The van der Waals surface area contributed by atoms with Gasteiger partial charge in [-0.1, -0.05) is 11.6 Å². The fraction of sp³-hybridized carbons (Fsp3) is 0.545. The lowest BCUT2D eigenvalue weighted by molar-refractivity contribution is -0.204. The molecule has 2 aliphatic heterocycles. The zero-order valence-corrected chi connectivity index (χ0v) is 25.2. The number of H-pyrrole nitrogens is 1. The van der Waals surface area contributed by atoms with E-state index in [1.165, 1.54) is 6.33 Å². The lowest BCUT2D eigenvalue weighted by atomic mass is 10.2. The highest BCUT2D eigenvalue weighted by molar-refractivity contribution is 7.62. The standard InChI is InChI=1S/C12H17ClN5O2P.C10H14N5O5P/c1-21(2,19)8-4-3-7(20-8)5-18-6-15-9-10(13)16-12(14)17-11(9)18;11-10-13-8-7(9(16)14-10)12-4-15(8)3-5-1-2-6(20-5)21(17,18)19/h6-8H,3-5H2,1-2H3,(H2,14,16,17);4-6H,1-3H2,(H2,17,18,19)(H3,11,13,14,16)/p-1/t7-,8+;5-,6?/m00/s1. The van der Waals surface area contributed by atoms with Gasteiger partial charge in [-0.05, 0) is 39.0 Å². The third-order valence-electron chi connectivity index (χ3n) is 6.96. The van der Waals surface area contributed by atoms with Crippen LogP contribution in [0.15, 0.2) is 17.4 Å². The van der Waals surface area contributed by atoms with Gasteiger partial charge < -0.3 is 49.0 Å². The number of nitrogen functional groups attached to an aromatic ring is 2. The van der Waals surface area contributed by atoms with Gasteiger partial charge in [0.2, 0.25) is 11.9 Å². The molecule has 2 fully saturated rings. The number of halogens is 1. The average Bonchev–Trinajstić information content (AvgIpc) is 3.67. The molecule has 6 heterocycles. The van der Waals surface area contributed by atoms with E-state index in [2.05, 4.69) is 29.9 Å². The van der Waals surface area contributed by atoms with Crippen LogP contribution in [0.3, 0.4) is 0 Å². The molecule has 42 heavy (non-hydrogen) atoms. The molecule has 2 unspecified atom stereocenters. The Morgan fingerprint density at radius 2 is 1.52 bits per heavy atom.